The molecule has 0 saturated heterocycles. The lowest BCUT2D eigenvalue weighted by Gasteiger charge is -2.13. The van der Waals surface area contributed by atoms with Crippen LogP contribution in [-0.2, 0) is 9.53 Å². The second-order valence-corrected chi connectivity index (χ2v) is 6.60. The number of esters is 1. The number of furan rings is 1. The summed E-state index contributed by atoms with van der Waals surface area (Å²) in [5, 5.41) is 0.629. The fraction of sp³-hybridized carbons (Fsp3) is 0.333. The van der Waals surface area contributed by atoms with Crippen LogP contribution in [0.4, 0.5) is 0 Å². The molecule has 0 aliphatic heterocycles. The third-order valence-corrected chi connectivity index (χ3v) is 4.49. The number of benzene rings is 1. The van der Waals surface area contributed by atoms with E-state index in [1.807, 2.05) is 12.1 Å². The molecule has 2 aromatic heterocycles. The van der Waals surface area contributed by atoms with Gasteiger partial charge in [-0.25, -0.2) is 4.98 Å². The van der Waals surface area contributed by atoms with Crippen molar-refractivity contribution in [3.05, 3.63) is 53.4 Å². The lowest BCUT2D eigenvalue weighted by molar-refractivity contribution is -0.145. The van der Waals surface area contributed by atoms with Crippen molar-refractivity contribution >= 4 is 17.6 Å². The molecule has 0 amide bonds. The lowest BCUT2D eigenvalue weighted by Crippen LogP contribution is -2.17. The van der Waals surface area contributed by atoms with Crippen LogP contribution < -0.4 is 0 Å². The fourth-order valence-electron chi connectivity index (χ4n) is 2.89. The van der Waals surface area contributed by atoms with E-state index in [2.05, 4.69) is 11.9 Å². The smallest absolute Gasteiger partial charge is 0.315 e. The van der Waals surface area contributed by atoms with Gasteiger partial charge in [-0.15, -0.1) is 0 Å². The number of aromatic nitrogens is 1. The van der Waals surface area contributed by atoms with Crippen molar-refractivity contribution in [3.63, 3.8) is 0 Å². The summed E-state index contributed by atoms with van der Waals surface area (Å²) in [4.78, 5) is 17.3. The number of unbranched alkanes of at least 4 members (excludes halogenated alkanes) is 1. The van der Waals surface area contributed by atoms with Crippen molar-refractivity contribution in [2.24, 2.45) is 0 Å². The van der Waals surface area contributed by atoms with E-state index in [1.54, 1.807) is 37.5 Å². The molecule has 0 spiro atoms. The Morgan fingerprint density at radius 3 is 2.63 bits per heavy atom. The number of carbonyl (C=O) groups excluding carboxylic acids is 1. The summed E-state index contributed by atoms with van der Waals surface area (Å²) < 4.78 is 16.8. The minimum absolute atomic E-state index is 0.297. The first-order chi connectivity index (χ1) is 13.1. The van der Waals surface area contributed by atoms with Gasteiger partial charge in [0.2, 0.25) is 5.89 Å². The minimum atomic E-state index is -0.505. The molecule has 0 radical (unpaired) electrons. The molecular weight excluding hydrogens is 366 g/mol. The van der Waals surface area contributed by atoms with Crippen LogP contribution in [0.3, 0.4) is 0 Å². The molecule has 0 aliphatic carbocycles. The summed E-state index contributed by atoms with van der Waals surface area (Å²) in [6.07, 6.45) is 4.04. The van der Waals surface area contributed by atoms with Crippen LogP contribution in [0, 0.1) is 0 Å². The number of halogens is 1. The zero-order valence-corrected chi connectivity index (χ0v) is 16.2. The maximum Gasteiger partial charge on any atom is 0.315 e. The van der Waals surface area contributed by atoms with Gasteiger partial charge in [0.05, 0.1) is 12.9 Å². The van der Waals surface area contributed by atoms with Crippen LogP contribution >= 0.6 is 11.6 Å². The monoisotopic (exact) mass is 387 g/mol. The number of nitrogens with zero attached hydrogens (tertiary/aromatic N) is 1. The van der Waals surface area contributed by atoms with Crippen molar-refractivity contribution in [2.75, 3.05) is 6.61 Å². The molecule has 142 valence electrons. The topological polar surface area (TPSA) is 65.5 Å². The number of ether oxygens (including phenoxy) is 1. The van der Waals surface area contributed by atoms with E-state index in [1.165, 1.54) is 0 Å². The van der Waals surface area contributed by atoms with Crippen LogP contribution in [-0.4, -0.2) is 17.6 Å². The van der Waals surface area contributed by atoms with Gasteiger partial charge in [0.25, 0.3) is 0 Å². The average Bonchev–Trinajstić information content (AvgIpc) is 3.32. The molecule has 2 heterocycles. The highest BCUT2D eigenvalue weighted by atomic mass is 35.5. The zero-order chi connectivity index (χ0) is 19.2. The first-order valence-electron chi connectivity index (χ1n) is 9.11. The molecule has 3 aromatic rings. The van der Waals surface area contributed by atoms with E-state index in [-0.39, 0.29) is 5.97 Å². The first-order valence-corrected chi connectivity index (χ1v) is 9.49. The van der Waals surface area contributed by atoms with Crippen molar-refractivity contribution in [2.45, 2.75) is 39.0 Å². The molecule has 0 fully saturated rings. The summed E-state index contributed by atoms with van der Waals surface area (Å²) in [6.45, 7) is 4.20. The Labute approximate surface area is 163 Å². The van der Waals surface area contributed by atoms with E-state index >= 15 is 0 Å². The van der Waals surface area contributed by atoms with Gasteiger partial charge in [-0.2, -0.15) is 0 Å². The van der Waals surface area contributed by atoms with E-state index in [0.29, 0.717) is 41.2 Å². The van der Waals surface area contributed by atoms with Crippen LogP contribution in [0.15, 0.2) is 51.5 Å². The fourth-order valence-corrected chi connectivity index (χ4v) is 3.01. The highest BCUT2D eigenvalue weighted by molar-refractivity contribution is 6.30. The van der Waals surface area contributed by atoms with E-state index in [0.717, 1.165) is 18.4 Å². The Bertz CT molecular complexity index is 868. The zero-order valence-electron chi connectivity index (χ0n) is 15.4. The highest BCUT2D eigenvalue weighted by Crippen LogP contribution is 2.36. The molecule has 1 unspecified atom stereocenters. The lowest BCUT2D eigenvalue weighted by atomic mass is 9.96. The predicted molar refractivity (Wildman–Crippen MR) is 104 cm³/mol. The maximum atomic E-state index is 12.6. The number of carbonyl (C=O) groups is 1. The number of hydrogen-bond donors (Lipinski definition) is 0. The summed E-state index contributed by atoms with van der Waals surface area (Å²) in [6, 6.07) is 10.8. The molecule has 3 rings (SSSR count). The van der Waals surface area contributed by atoms with E-state index in [9.17, 15) is 4.79 Å². The van der Waals surface area contributed by atoms with Gasteiger partial charge in [0, 0.05) is 10.6 Å². The Morgan fingerprint density at radius 1 is 1.22 bits per heavy atom. The molecular formula is C21H22ClNO4. The van der Waals surface area contributed by atoms with Crippen molar-refractivity contribution in [3.8, 4) is 23.0 Å². The summed E-state index contributed by atoms with van der Waals surface area (Å²) >= 11 is 5.97. The molecule has 1 atom stereocenters. The van der Waals surface area contributed by atoms with Gasteiger partial charge in [-0.1, -0.05) is 31.4 Å². The highest BCUT2D eigenvalue weighted by Gasteiger charge is 2.31. The van der Waals surface area contributed by atoms with Crippen molar-refractivity contribution in [1.29, 1.82) is 0 Å². The summed E-state index contributed by atoms with van der Waals surface area (Å²) in [5.74, 6) is 0.603. The SMILES string of the molecule is CCCCC(C(=O)OCC)c1nc(-c2ccc(Cl)cc2)oc1-c1ccco1. The molecule has 5 nitrogen and oxygen atoms in total. The largest absolute Gasteiger partial charge is 0.465 e. The van der Waals surface area contributed by atoms with Gasteiger partial charge in [-0.05, 0) is 49.7 Å². The van der Waals surface area contributed by atoms with Crippen LogP contribution in [0.5, 0.6) is 0 Å². The number of hydrogen-bond acceptors (Lipinski definition) is 5. The molecule has 0 N–H and O–H groups in total. The Morgan fingerprint density at radius 2 is 2.00 bits per heavy atom. The van der Waals surface area contributed by atoms with Gasteiger partial charge in [0.1, 0.15) is 11.6 Å². The first kappa shape index (κ1) is 19.2. The van der Waals surface area contributed by atoms with Crippen molar-refractivity contribution in [1.82, 2.24) is 4.98 Å². The Balaban J connectivity index is 2.07. The number of oxazole rings is 1. The molecule has 0 aliphatic rings. The third kappa shape index (κ3) is 4.42. The second kappa shape index (κ2) is 8.91. The van der Waals surface area contributed by atoms with Crippen LogP contribution in [0.2, 0.25) is 5.02 Å². The predicted octanol–water partition coefficient (Wildman–Crippen LogP) is 6.09. The van der Waals surface area contributed by atoms with Crippen molar-refractivity contribution < 1.29 is 18.4 Å². The Hall–Kier alpha value is -2.53. The number of rotatable bonds is 8. The second-order valence-electron chi connectivity index (χ2n) is 6.16. The molecule has 1 aromatic carbocycles. The van der Waals surface area contributed by atoms with E-state index < -0.39 is 5.92 Å². The molecule has 0 saturated carbocycles. The quantitative estimate of drug-likeness (QED) is 0.437. The van der Waals surface area contributed by atoms with Gasteiger partial charge >= 0.3 is 5.97 Å². The van der Waals surface area contributed by atoms with Gasteiger partial charge in [0.15, 0.2) is 11.5 Å². The average molecular weight is 388 g/mol. The normalized spacial score (nSPS) is 12.1. The molecule has 27 heavy (non-hydrogen) atoms. The van der Waals surface area contributed by atoms with Crippen LogP contribution in [0.25, 0.3) is 23.0 Å². The Kier molecular flexibility index (Phi) is 6.35. The molecule has 6 heteroatoms. The summed E-state index contributed by atoms with van der Waals surface area (Å²) in [7, 11) is 0. The standard InChI is InChI=1S/C21H22ClNO4/c1-3-5-7-16(21(24)25-4-2)18-19(17-8-6-13-26-17)27-20(23-18)14-9-11-15(22)12-10-14/h6,8-13,16H,3-5,7H2,1-2H3. The third-order valence-electron chi connectivity index (χ3n) is 4.24. The van der Waals surface area contributed by atoms with Crippen LogP contribution in [0.1, 0.15) is 44.7 Å². The van der Waals surface area contributed by atoms with Gasteiger partial charge in [-0.3, -0.25) is 4.79 Å². The molecule has 0 bridgehead atoms. The summed E-state index contributed by atoms with van der Waals surface area (Å²) in [5.41, 5.74) is 1.32. The van der Waals surface area contributed by atoms with E-state index in [4.69, 9.17) is 25.2 Å². The minimum Gasteiger partial charge on any atom is -0.465 e. The van der Waals surface area contributed by atoms with Gasteiger partial charge < -0.3 is 13.6 Å². The maximum absolute atomic E-state index is 12.6.